The molecule has 1 saturated carbocycles. The molecule has 0 radical (unpaired) electrons. The third kappa shape index (κ3) is 4.13. The Balaban J connectivity index is 1.97. The molecule has 120 valence electrons. The molecule has 0 spiro atoms. The Bertz CT molecular complexity index is 370. The fourth-order valence-electron chi connectivity index (χ4n) is 3.18. The molecule has 0 aromatic rings. The molecule has 1 saturated heterocycles. The largest absolute Gasteiger partial charge is 0.464 e. The van der Waals surface area contributed by atoms with E-state index in [0.29, 0.717) is 31.4 Å². The van der Waals surface area contributed by atoms with Gasteiger partial charge in [-0.2, -0.15) is 11.8 Å². The fourth-order valence-corrected chi connectivity index (χ4v) is 4.21. The number of esters is 1. The summed E-state index contributed by atoms with van der Waals surface area (Å²) in [5, 5.41) is 0. The van der Waals surface area contributed by atoms with Gasteiger partial charge in [0.15, 0.2) is 0 Å². The van der Waals surface area contributed by atoms with Gasteiger partial charge in [-0.05, 0) is 45.1 Å². The van der Waals surface area contributed by atoms with Gasteiger partial charge >= 0.3 is 5.97 Å². The van der Waals surface area contributed by atoms with Gasteiger partial charge < -0.3 is 15.4 Å². The van der Waals surface area contributed by atoms with Crippen LogP contribution in [0.4, 0.5) is 0 Å². The first-order chi connectivity index (χ1) is 10.2. The number of amides is 1. The minimum atomic E-state index is -0.400. The molecule has 1 heterocycles. The zero-order valence-corrected chi connectivity index (χ0v) is 13.6. The minimum Gasteiger partial charge on any atom is -0.464 e. The van der Waals surface area contributed by atoms with Crippen LogP contribution in [0.3, 0.4) is 0 Å². The smallest absolute Gasteiger partial charge is 0.329 e. The summed E-state index contributed by atoms with van der Waals surface area (Å²) in [4.78, 5) is 26.6. The molecule has 0 aromatic heterocycles. The average Bonchev–Trinajstić information content (AvgIpc) is 2.54. The Labute approximate surface area is 130 Å². The van der Waals surface area contributed by atoms with Crippen molar-refractivity contribution in [3.8, 4) is 0 Å². The Kier molecular flexibility index (Phi) is 6.36. The third-order valence-electron chi connectivity index (χ3n) is 4.50. The van der Waals surface area contributed by atoms with Crippen LogP contribution in [0.15, 0.2) is 0 Å². The number of nitrogens with zero attached hydrogens (tertiary/aromatic N) is 1. The SMILES string of the molecule is CCOC(=O)C1CSCCN1C(=O)C1CCC(CN)CC1. The molecule has 2 N–H and O–H groups in total. The zero-order chi connectivity index (χ0) is 15.2. The summed E-state index contributed by atoms with van der Waals surface area (Å²) in [6.45, 7) is 3.54. The van der Waals surface area contributed by atoms with Crippen molar-refractivity contribution in [3.63, 3.8) is 0 Å². The van der Waals surface area contributed by atoms with Crippen LogP contribution < -0.4 is 5.73 Å². The Hall–Kier alpha value is -0.750. The summed E-state index contributed by atoms with van der Waals surface area (Å²) in [5.41, 5.74) is 5.70. The van der Waals surface area contributed by atoms with E-state index in [9.17, 15) is 9.59 Å². The zero-order valence-electron chi connectivity index (χ0n) is 12.8. The van der Waals surface area contributed by atoms with Crippen LogP contribution in [-0.2, 0) is 14.3 Å². The fraction of sp³-hybridized carbons (Fsp3) is 0.867. The lowest BCUT2D eigenvalue weighted by Gasteiger charge is -2.37. The highest BCUT2D eigenvalue weighted by molar-refractivity contribution is 7.99. The average molecular weight is 314 g/mol. The number of thioether (sulfide) groups is 1. The standard InChI is InChI=1S/C15H26N2O3S/c1-2-20-15(19)13-10-21-8-7-17(13)14(18)12-5-3-11(9-16)4-6-12/h11-13H,2-10,16H2,1H3. The molecule has 1 amide bonds. The van der Waals surface area contributed by atoms with Gasteiger partial charge in [-0.3, -0.25) is 4.79 Å². The van der Waals surface area contributed by atoms with Gasteiger partial charge in [-0.25, -0.2) is 4.79 Å². The second-order valence-electron chi connectivity index (χ2n) is 5.83. The summed E-state index contributed by atoms with van der Waals surface area (Å²) in [6, 6.07) is -0.400. The van der Waals surface area contributed by atoms with Crippen molar-refractivity contribution in [2.75, 3.05) is 31.2 Å². The lowest BCUT2D eigenvalue weighted by Crippen LogP contribution is -2.53. The Morgan fingerprint density at radius 1 is 1.29 bits per heavy atom. The van der Waals surface area contributed by atoms with E-state index in [4.69, 9.17) is 10.5 Å². The van der Waals surface area contributed by atoms with Gasteiger partial charge in [-0.1, -0.05) is 0 Å². The topological polar surface area (TPSA) is 72.6 Å². The van der Waals surface area contributed by atoms with E-state index in [1.54, 1.807) is 23.6 Å². The minimum absolute atomic E-state index is 0.0628. The van der Waals surface area contributed by atoms with E-state index in [-0.39, 0.29) is 17.8 Å². The predicted molar refractivity (Wildman–Crippen MR) is 84.0 cm³/mol. The molecule has 1 atom stereocenters. The lowest BCUT2D eigenvalue weighted by atomic mass is 9.81. The van der Waals surface area contributed by atoms with Crippen LogP contribution in [0, 0.1) is 11.8 Å². The molecule has 2 rings (SSSR count). The number of rotatable bonds is 4. The highest BCUT2D eigenvalue weighted by atomic mass is 32.2. The van der Waals surface area contributed by atoms with Crippen LogP contribution in [0.25, 0.3) is 0 Å². The molecule has 2 fully saturated rings. The van der Waals surface area contributed by atoms with Crippen LogP contribution >= 0.6 is 11.8 Å². The quantitative estimate of drug-likeness (QED) is 0.791. The highest BCUT2D eigenvalue weighted by Gasteiger charge is 2.37. The first-order valence-electron chi connectivity index (χ1n) is 7.92. The number of carbonyl (C=O) groups excluding carboxylic acids is 2. The van der Waals surface area contributed by atoms with Gasteiger partial charge in [0.25, 0.3) is 0 Å². The molecule has 6 heteroatoms. The molecule has 2 aliphatic rings. The lowest BCUT2D eigenvalue weighted by molar-refractivity contribution is -0.155. The van der Waals surface area contributed by atoms with Crippen molar-refractivity contribution in [2.45, 2.75) is 38.6 Å². The molecule has 1 aliphatic carbocycles. The molecular weight excluding hydrogens is 288 g/mol. The number of hydrogen-bond donors (Lipinski definition) is 1. The van der Waals surface area contributed by atoms with Crippen molar-refractivity contribution in [1.29, 1.82) is 0 Å². The summed E-state index contributed by atoms with van der Waals surface area (Å²) in [5.74, 6) is 2.07. The molecule has 0 bridgehead atoms. The van der Waals surface area contributed by atoms with Crippen molar-refractivity contribution in [3.05, 3.63) is 0 Å². The number of hydrogen-bond acceptors (Lipinski definition) is 5. The number of carbonyl (C=O) groups is 2. The van der Waals surface area contributed by atoms with E-state index < -0.39 is 6.04 Å². The summed E-state index contributed by atoms with van der Waals surface area (Å²) in [6.07, 6.45) is 3.86. The second-order valence-corrected chi connectivity index (χ2v) is 6.98. The molecule has 0 aromatic carbocycles. The van der Waals surface area contributed by atoms with Crippen LogP contribution in [0.5, 0.6) is 0 Å². The monoisotopic (exact) mass is 314 g/mol. The van der Waals surface area contributed by atoms with E-state index in [0.717, 1.165) is 31.4 Å². The molecular formula is C15H26N2O3S. The van der Waals surface area contributed by atoms with Crippen LogP contribution in [-0.4, -0.2) is 54.0 Å². The second kappa shape index (κ2) is 8.03. The molecule has 21 heavy (non-hydrogen) atoms. The number of nitrogens with two attached hydrogens (primary N) is 1. The van der Waals surface area contributed by atoms with Crippen molar-refractivity contribution in [1.82, 2.24) is 4.90 Å². The molecule has 5 nitrogen and oxygen atoms in total. The Morgan fingerprint density at radius 2 is 2.00 bits per heavy atom. The van der Waals surface area contributed by atoms with Gasteiger partial charge in [-0.15, -0.1) is 0 Å². The van der Waals surface area contributed by atoms with E-state index in [2.05, 4.69) is 0 Å². The van der Waals surface area contributed by atoms with Crippen molar-refractivity contribution >= 4 is 23.6 Å². The first kappa shape index (κ1) is 16.6. The Morgan fingerprint density at radius 3 is 2.62 bits per heavy atom. The van der Waals surface area contributed by atoms with E-state index in [1.807, 2.05) is 0 Å². The maximum Gasteiger partial charge on any atom is 0.329 e. The van der Waals surface area contributed by atoms with Gasteiger partial charge in [0.05, 0.1) is 6.61 Å². The maximum atomic E-state index is 12.7. The van der Waals surface area contributed by atoms with Crippen LogP contribution in [0.1, 0.15) is 32.6 Å². The first-order valence-corrected chi connectivity index (χ1v) is 9.07. The summed E-state index contributed by atoms with van der Waals surface area (Å²) in [7, 11) is 0. The van der Waals surface area contributed by atoms with Gasteiger partial charge in [0, 0.05) is 24.0 Å². The van der Waals surface area contributed by atoms with Crippen molar-refractivity contribution in [2.24, 2.45) is 17.6 Å². The van der Waals surface area contributed by atoms with E-state index in [1.165, 1.54) is 0 Å². The van der Waals surface area contributed by atoms with E-state index >= 15 is 0 Å². The highest BCUT2D eigenvalue weighted by Crippen LogP contribution is 2.31. The van der Waals surface area contributed by atoms with Crippen LogP contribution in [0.2, 0.25) is 0 Å². The molecule has 1 unspecified atom stereocenters. The van der Waals surface area contributed by atoms with Crippen molar-refractivity contribution < 1.29 is 14.3 Å². The van der Waals surface area contributed by atoms with Gasteiger partial charge in [0.2, 0.25) is 5.91 Å². The van der Waals surface area contributed by atoms with Gasteiger partial charge in [0.1, 0.15) is 6.04 Å². The summed E-state index contributed by atoms with van der Waals surface area (Å²) < 4.78 is 5.12. The maximum absolute atomic E-state index is 12.7. The summed E-state index contributed by atoms with van der Waals surface area (Å²) >= 11 is 1.72. The normalized spacial score (nSPS) is 30.0. The molecule has 1 aliphatic heterocycles. The third-order valence-corrected chi connectivity index (χ3v) is 5.52. The predicted octanol–water partition coefficient (Wildman–Crippen LogP) is 1.26. The number of ether oxygens (including phenoxy) is 1.